The Morgan fingerprint density at radius 2 is 1.96 bits per heavy atom. The van der Waals surface area contributed by atoms with Crippen LogP contribution in [0, 0.1) is 27.7 Å². The Morgan fingerprint density at radius 3 is 2.61 bits per heavy atom. The number of aromatic nitrogens is 1. The molecule has 120 valence electrons. The quantitative estimate of drug-likeness (QED) is 0.918. The van der Waals surface area contributed by atoms with Crippen LogP contribution in [0.3, 0.4) is 0 Å². The number of furan rings is 1. The molecule has 0 radical (unpaired) electrons. The Balaban J connectivity index is 1.95. The summed E-state index contributed by atoms with van der Waals surface area (Å²) in [6, 6.07) is 1.92. The number of Topliss-reactive ketones (excluding diaryl/α,β-unsaturated/α-hetero) is 1. The fourth-order valence-electron chi connectivity index (χ4n) is 3.25. The number of pyridine rings is 1. The molecule has 3 rings (SSSR count). The van der Waals surface area contributed by atoms with Gasteiger partial charge in [-0.05, 0) is 45.7 Å². The van der Waals surface area contributed by atoms with Gasteiger partial charge < -0.3 is 9.73 Å². The predicted molar refractivity (Wildman–Crippen MR) is 87.1 cm³/mol. The van der Waals surface area contributed by atoms with Gasteiger partial charge in [0.05, 0.1) is 16.9 Å². The highest BCUT2D eigenvalue weighted by Gasteiger charge is 2.29. The molecular weight excluding hydrogens is 292 g/mol. The fraction of sp³-hybridized carbons (Fsp3) is 0.389. The molecule has 2 heterocycles. The minimum atomic E-state index is -0.332. The lowest BCUT2D eigenvalue weighted by Crippen LogP contribution is -2.15. The lowest BCUT2D eigenvalue weighted by Gasteiger charge is -2.11. The normalized spacial score (nSPS) is 13.8. The summed E-state index contributed by atoms with van der Waals surface area (Å²) in [7, 11) is 0. The van der Waals surface area contributed by atoms with Gasteiger partial charge >= 0.3 is 0 Å². The van der Waals surface area contributed by atoms with E-state index >= 15 is 0 Å². The zero-order valence-corrected chi connectivity index (χ0v) is 13.9. The van der Waals surface area contributed by atoms with Crippen molar-refractivity contribution in [2.45, 2.75) is 47.0 Å². The van der Waals surface area contributed by atoms with E-state index in [0.29, 0.717) is 35.4 Å². The van der Waals surface area contributed by atoms with Crippen LogP contribution in [0.25, 0.3) is 0 Å². The lowest BCUT2D eigenvalue weighted by atomic mass is 9.94. The molecular formula is C18H20N2O3. The van der Waals surface area contributed by atoms with Crippen LogP contribution >= 0.6 is 0 Å². The van der Waals surface area contributed by atoms with Crippen molar-refractivity contribution >= 4 is 17.4 Å². The maximum absolute atomic E-state index is 12.6. The van der Waals surface area contributed by atoms with Crippen molar-refractivity contribution in [1.82, 2.24) is 4.98 Å². The second-order valence-corrected chi connectivity index (χ2v) is 6.13. The summed E-state index contributed by atoms with van der Waals surface area (Å²) in [6.07, 6.45) is 2.01. The van der Waals surface area contributed by atoms with Crippen molar-refractivity contribution in [3.8, 4) is 0 Å². The number of hydrogen-bond acceptors (Lipinski definition) is 4. The van der Waals surface area contributed by atoms with E-state index in [1.807, 2.05) is 26.8 Å². The molecule has 0 unspecified atom stereocenters. The van der Waals surface area contributed by atoms with E-state index in [1.165, 1.54) is 0 Å². The second kappa shape index (κ2) is 5.65. The monoisotopic (exact) mass is 312 g/mol. The van der Waals surface area contributed by atoms with Crippen molar-refractivity contribution in [1.29, 1.82) is 0 Å². The van der Waals surface area contributed by atoms with Crippen LogP contribution in [-0.4, -0.2) is 16.7 Å². The van der Waals surface area contributed by atoms with Crippen molar-refractivity contribution < 1.29 is 14.0 Å². The summed E-state index contributed by atoms with van der Waals surface area (Å²) < 4.78 is 5.69. The number of carbonyl (C=O) groups excluding carboxylic acids is 2. The van der Waals surface area contributed by atoms with Crippen LogP contribution < -0.4 is 5.32 Å². The smallest absolute Gasteiger partial charge is 0.291 e. The van der Waals surface area contributed by atoms with Crippen LogP contribution in [0.4, 0.5) is 5.69 Å². The average molecular weight is 312 g/mol. The van der Waals surface area contributed by atoms with Crippen LogP contribution in [0.1, 0.15) is 62.0 Å². The van der Waals surface area contributed by atoms with Crippen LogP contribution in [0.15, 0.2) is 10.5 Å². The molecule has 0 saturated heterocycles. The number of nitrogens with zero attached hydrogens (tertiary/aromatic N) is 1. The first kappa shape index (κ1) is 15.5. The lowest BCUT2D eigenvalue weighted by molar-refractivity contribution is 0.0963. The molecule has 0 bridgehead atoms. The molecule has 5 nitrogen and oxygen atoms in total. The number of ketones is 1. The van der Waals surface area contributed by atoms with E-state index in [-0.39, 0.29) is 17.5 Å². The Morgan fingerprint density at radius 1 is 1.22 bits per heavy atom. The van der Waals surface area contributed by atoms with Gasteiger partial charge in [0.2, 0.25) is 0 Å². The van der Waals surface area contributed by atoms with Crippen LogP contribution in [0.2, 0.25) is 0 Å². The molecule has 5 heteroatoms. The van der Waals surface area contributed by atoms with Gasteiger partial charge in [-0.15, -0.1) is 0 Å². The number of nitrogens with one attached hydrogen (secondary N) is 1. The number of hydrogen-bond donors (Lipinski definition) is 1. The van der Waals surface area contributed by atoms with Crippen molar-refractivity contribution in [2.24, 2.45) is 0 Å². The highest BCUT2D eigenvalue weighted by Crippen LogP contribution is 2.30. The third kappa shape index (κ3) is 2.67. The SMILES string of the molecule is Cc1cc(C)c(NC(=O)c2oc3c(c2C)C(=O)CCC3)c(C)n1. The van der Waals surface area contributed by atoms with E-state index in [2.05, 4.69) is 10.3 Å². The largest absolute Gasteiger partial charge is 0.455 e. The Bertz CT molecular complexity index is 795. The molecule has 23 heavy (non-hydrogen) atoms. The highest BCUT2D eigenvalue weighted by molar-refractivity contribution is 6.07. The van der Waals surface area contributed by atoms with Crippen LogP contribution in [0.5, 0.6) is 0 Å². The van der Waals surface area contributed by atoms with E-state index in [1.54, 1.807) is 6.92 Å². The number of carbonyl (C=O) groups is 2. The van der Waals surface area contributed by atoms with Gasteiger partial charge in [-0.25, -0.2) is 0 Å². The van der Waals surface area contributed by atoms with Crippen molar-refractivity contribution in [3.63, 3.8) is 0 Å². The second-order valence-electron chi connectivity index (χ2n) is 6.13. The Kier molecular flexibility index (Phi) is 3.80. The van der Waals surface area contributed by atoms with Gasteiger partial charge in [0.25, 0.3) is 5.91 Å². The molecule has 1 aliphatic rings. The molecule has 0 spiro atoms. The molecule has 0 saturated carbocycles. The Hall–Kier alpha value is -2.43. The summed E-state index contributed by atoms with van der Waals surface area (Å²) in [6.45, 7) is 7.48. The average Bonchev–Trinajstić information content (AvgIpc) is 2.81. The minimum Gasteiger partial charge on any atom is -0.455 e. The van der Waals surface area contributed by atoms with Gasteiger partial charge in [0.1, 0.15) is 5.76 Å². The zero-order valence-electron chi connectivity index (χ0n) is 13.9. The van der Waals surface area contributed by atoms with Gasteiger partial charge in [-0.1, -0.05) is 0 Å². The van der Waals surface area contributed by atoms with E-state index < -0.39 is 0 Å². The molecule has 0 fully saturated rings. The van der Waals surface area contributed by atoms with E-state index in [9.17, 15) is 9.59 Å². The third-order valence-corrected chi connectivity index (χ3v) is 4.28. The van der Waals surface area contributed by atoms with Crippen molar-refractivity contribution in [2.75, 3.05) is 5.32 Å². The van der Waals surface area contributed by atoms with Gasteiger partial charge in [0.15, 0.2) is 11.5 Å². The van der Waals surface area contributed by atoms with Crippen molar-refractivity contribution in [3.05, 3.63) is 45.7 Å². The molecule has 1 N–H and O–H groups in total. The first-order valence-electron chi connectivity index (χ1n) is 7.80. The minimum absolute atomic E-state index is 0.0657. The predicted octanol–water partition coefficient (Wildman–Crippen LogP) is 3.68. The third-order valence-electron chi connectivity index (χ3n) is 4.28. The van der Waals surface area contributed by atoms with Gasteiger partial charge in [0, 0.05) is 24.1 Å². The molecule has 0 atom stereocenters. The number of amides is 1. The summed E-state index contributed by atoms with van der Waals surface area (Å²) in [4.78, 5) is 29.0. The number of aryl methyl sites for hydroxylation is 4. The highest BCUT2D eigenvalue weighted by atomic mass is 16.4. The van der Waals surface area contributed by atoms with Crippen LogP contribution in [-0.2, 0) is 6.42 Å². The number of rotatable bonds is 2. The maximum atomic E-state index is 12.6. The molecule has 0 aliphatic heterocycles. The summed E-state index contributed by atoms with van der Waals surface area (Å²) in [5.74, 6) is 0.599. The summed E-state index contributed by atoms with van der Waals surface area (Å²) in [5.41, 5.74) is 4.55. The standard InChI is InChI=1S/C18H20N2O3/c1-9-8-10(2)19-12(4)16(9)20-18(22)17-11(3)15-13(21)6-5-7-14(15)23-17/h8H,5-7H2,1-4H3,(H,20,22). The van der Waals surface area contributed by atoms with Gasteiger partial charge in [-0.2, -0.15) is 0 Å². The molecule has 0 aromatic carbocycles. The number of anilines is 1. The zero-order chi connectivity index (χ0) is 16.7. The summed E-state index contributed by atoms with van der Waals surface area (Å²) in [5, 5.41) is 2.88. The first-order chi connectivity index (χ1) is 10.9. The Labute approximate surface area is 135 Å². The van der Waals surface area contributed by atoms with E-state index in [4.69, 9.17) is 4.42 Å². The summed E-state index contributed by atoms with van der Waals surface area (Å²) >= 11 is 0. The first-order valence-corrected chi connectivity index (χ1v) is 7.80. The molecule has 1 aliphatic carbocycles. The van der Waals surface area contributed by atoms with Gasteiger partial charge in [-0.3, -0.25) is 14.6 Å². The molecule has 2 aromatic heterocycles. The topological polar surface area (TPSA) is 72.2 Å². The maximum Gasteiger partial charge on any atom is 0.291 e. The van der Waals surface area contributed by atoms with E-state index in [0.717, 1.165) is 23.4 Å². The number of fused-ring (bicyclic) bond motifs is 1. The molecule has 2 aromatic rings. The molecule has 1 amide bonds. The fourth-order valence-corrected chi connectivity index (χ4v) is 3.25.